The molecule has 0 fully saturated rings. The minimum atomic E-state index is -1.24. The van der Waals surface area contributed by atoms with Crippen LogP contribution in [-0.2, 0) is 20.9 Å². The molecule has 0 saturated carbocycles. The lowest BCUT2D eigenvalue weighted by Gasteiger charge is -2.15. The number of amides is 1. The molecule has 0 heterocycles. The Hall–Kier alpha value is -2.26. The highest BCUT2D eigenvalue weighted by Gasteiger charge is 2.22. The van der Waals surface area contributed by atoms with Gasteiger partial charge in [0.25, 0.3) is 0 Å². The predicted octanol–water partition coefficient (Wildman–Crippen LogP) is 0.511. The first-order valence-corrected chi connectivity index (χ1v) is 7.81. The summed E-state index contributed by atoms with van der Waals surface area (Å²) >= 11 is 1.03. The number of benzene rings is 1. The van der Waals surface area contributed by atoms with E-state index in [1.165, 1.54) is 0 Å². The van der Waals surface area contributed by atoms with Gasteiger partial charge in [0.1, 0.15) is 18.7 Å². The number of nitrogens with two attached hydrogens (primary N) is 1. The summed E-state index contributed by atoms with van der Waals surface area (Å²) in [4.78, 5) is 33.3. The maximum absolute atomic E-state index is 11.6. The van der Waals surface area contributed by atoms with Crippen molar-refractivity contribution in [1.29, 1.82) is 0 Å². The Kier molecular flexibility index (Phi) is 7.92. The van der Waals surface area contributed by atoms with Gasteiger partial charge in [-0.05, 0) is 5.56 Å². The molecular formula is C14H18N2O6S. The third-order valence-electron chi connectivity index (χ3n) is 2.70. The van der Waals surface area contributed by atoms with Gasteiger partial charge in [0.2, 0.25) is 0 Å². The van der Waals surface area contributed by atoms with E-state index >= 15 is 0 Å². The quantitative estimate of drug-likeness (QED) is 0.509. The summed E-state index contributed by atoms with van der Waals surface area (Å²) in [7, 11) is 0. The molecule has 0 saturated heterocycles. The number of nitrogens with one attached hydrogen (secondary N) is 1. The smallest absolute Gasteiger partial charge is 0.408 e. The van der Waals surface area contributed by atoms with Crippen LogP contribution in [0.3, 0.4) is 0 Å². The monoisotopic (exact) mass is 342 g/mol. The van der Waals surface area contributed by atoms with E-state index in [0.717, 1.165) is 17.3 Å². The molecule has 1 aromatic rings. The van der Waals surface area contributed by atoms with Crippen LogP contribution in [0, 0.1) is 0 Å². The van der Waals surface area contributed by atoms with Gasteiger partial charge in [-0.1, -0.05) is 30.3 Å². The average Bonchev–Trinajstić information content (AvgIpc) is 2.52. The molecule has 0 unspecified atom stereocenters. The first kappa shape index (κ1) is 18.8. The van der Waals surface area contributed by atoms with Crippen LogP contribution in [0.25, 0.3) is 0 Å². The minimum Gasteiger partial charge on any atom is -0.480 e. The van der Waals surface area contributed by atoms with Crippen molar-refractivity contribution < 1.29 is 29.3 Å². The summed E-state index contributed by atoms with van der Waals surface area (Å²) < 4.78 is 4.93. The molecule has 0 radical (unpaired) electrons. The zero-order chi connectivity index (χ0) is 17.2. The van der Waals surface area contributed by atoms with Gasteiger partial charge in [-0.2, -0.15) is 11.8 Å². The molecule has 0 bridgehead atoms. The van der Waals surface area contributed by atoms with Gasteiger partial charge in [0, 0.05) is 11.5 Å². The standard InChI is InChI=1S/C14H18N2O6S/c15-10(12(17)18)7-23-8-11(13(19)20)16-14(21)22-6-9-4-2-1-3-5-9/h1-5,10-11H,6-8,15H2,(H,16,21)(H,17,18)(H,19,20)/t10-,11-/m0/s1. The van der Waals surface area contributed by atoms with Crippen LogP contribution in [0.2, 0.25) is 0 Å². The number of rotatable bonds is 9. The summed E-state index contributed by atoms with van der Waals surface area (Å²) in [5.74, 6) is -2.38. The molecule has 126 valence electrons. The number of ether oxygens (including phenoxy) is 1. The molecule has 0 aliphatic rings. The number of carbonyl (C=O) groups is 3. The maximum Gasteiger partial charge on any atom is 0.408 e. The van der Waals surface area contributed by atoms with Crippen molar-refractivity contribution in [3.8, 4) is 0 Å². The Balaban J connectivity index is 2.38. The molecule has 2 atom stereocenters. The highest BCUT2D eigenvalue weighted by atomic mass is 32.2. The molecule has 0 aromatic heterocycles. The van der Waals surface area contributed by atoms with Crippen molar-refractivity contribution in [2.45, 2.75) is 18.7 Å². The molecule has 1 aromatic carbocycles. The fraction of sp³-hybridized carbons (Fsp3) is 0.357. The Morgan fingerprint density at radius 3 is 2.35 bits per heavy atom. The number of thioether (sulfide) groups is 1. The first-order valence-electron chi connectivity index (χ1n) is 6.66. The van der Waals surface area contributed by atoms with Gasteiger partial charge in [0.15, 0.2) is 0 Å². The van der Waals surface area contributed by atoms with Crippen molar-refractivity contribution in [2.75, 3.05) is 11.5 Å². The number of aliphatic carboxylic acids is 2. The van der Waals surface area contributed by atoms with Crippen LogP contribution in [0.1, 0.15) is 5.56 Å². The highest BCUT2D eigenvalue weighted by molar-refractivity contribution is 7.99. The Bertz CT molecular complexity index is 539. The van der Waals surface area contributed by atoms with Gasteiger partial charge in [-0.15, -0.1) is 0 Å². The number of carboxylic acid groups (broad SMARTS) is 2. The van der Waals surface area contributed by atoms with Crippen molar-refractivity contribution >= 4 is 29.8 Å². The Labute approximate surface area is 137 Å². The third kappa shape index (κ3) is 7.52. The zero-order valence-corrected chi connectivity index (χ0v) is 13.0. The van der Waals surface area contributed by atoms with Crippen LogP contribution in [-0.4, -0.2) is 51.8 Å². The van der Waals surface area contributed by atoms with E-state index in [4.69, 9.17) is 20.7 Å². The van der Waals surface area contributed by atoms with Crippen LogP contribution in [0.15, 0.2) is 30.3 Å². The van der Waals surface area contributed by atoms with E-state index < -0.39 is 30.1 Å². The summed E-state index contributed by atoms with van der Waals surface area (Å²) in [5.41, 5.74) is 6.09. The van der Waals surface area contributed by atoms with E-state index in [9.17, 15) is 14.4 Å². The van der Waals surface area contributed by atoms with E-state index in [2.05, 4.69) is 5.32 Å². The van der Waals surface area contributed by atoms with Gasteiger partial charge in [-0.3, -0.25) is 4.79 Å². The second-order valence-corrected chi connectivity index (χ2v) is 5.65. The molecule has 1 rings (SSSR count). The molecule has 0 aliphatic carbocycles. The topological polar surface area (TPSA) is 139 Å². The molecule has 5 N–H and O–H groups in total. The van der Waals surface area contributed by atoms with E-state index in [-0.39, 0.29) is 18.1 Å². The molecule has 0 aliphatic heterocycles. The molecule has 1 amide bonds. The predicted molar refractivity (Wildman–Crippen MR) is 84.1 cm³/mol. The lowest BCUT2D eigenvalue weighted by molar-refractivity contribution is -0.139. The number of hydrogen-bond donors (Lipinski definition) is 4. The summed E-state index contributed by atoms with van der Waals surface area (Å²) in [5, 5.41) is 19.9. The van der Waals surface area contributed by atoms with Crippen molar-refractivity contribution in [3.63, 3.8) is 0 Å². The Morgan fingerprint density at radius 2 is 1.78 bits per heavy atom. The van der Waals surface area contributed by atoms with Crippen molar-refractivity contribution in [1.82, 2.24) is 5.32 Å². The highest BCUT2D eigenvalue weighted by Crippen LogP contribution is 2.06. The molecule has 9 heteroatoms. The average molecular weight is 342 g/mol. The van der Waals surface area contributed by atoms with Gasteiger partial charge in [0.05, 0.1) is 0 Å². The summed E-state index contributed by atoms with van der Waals surface area (Å²) in [6.45, 7) is 0.0239. The van der Waals surface area contributed by atoms with Crippen molar-refractivity contribution in [2.24, 2.45) is 5.73 Å². The van der Waals surface area contributed by atoms with Crippen molar-refractivity contribution in [3.05, 3.63) is 35.9 Å². The molecule has 0 spiro atoms. The molecular weight excluding hydrogens is 324 g/mol. The van der Waals surface area contributed by atoms with Gasteiger partial charge < -0.3 is 26.0 Å². The number of alkyl carbamates (subject to hydrolysis) is 1. The minimum absolute atomic E-state index is 0.0171. The number of carboxylic acids is 2. The molecule has 8 nitrogen and oxygen atoms in total. The van der Waals surface area contributed by atoms with Gasteiger partial charge in [-0.25, -0.2) is 9.59 Å². The van der Waals surface area contributed by atoms with Crippen LogP contribution in [0.5, 0.6) is 0 Å². The maximum atomic E-state index is 11.6. The fourth-order valence-corrected chi connectivity index (χ4v) is 2.46. The van der Waals surface area contributed by atoms with E-state index in [1.54, 1.807) is 24.3 Å². The normalized spacial score (nSPS) is 12.9. The fourth-order valence-electron chi connectivity index (χ4n) is 1.47. The second kappa shape index (κ2) is 9.70. The van der Waals surface area contributed by atoms with E-state index in [0.29, 0.717) is 0 Å². The summed E-state index contributed by atoms with van der Waals surface area (Å²) in [6, 6.07) is 6.67. The van der Waals surface area contributed by atoms with E-state index in [1.807, 2.05) is 6.07 Å². The lowest BCUT2D eigenvalue weighted by atomic mass is 10.2. The second-order valence-electron chi connectivity index (χ2n) is 4.58. The van der Waals surface area contributed by atoms with Crippen LogP contribution in [0.4, 0.5) is 4.79 Å². The van der Waals surface area contributed by atoms with Crippen LogP contribution >= 0.6 is 11.8 Å². The number of hydrogen-bond acceptors (Lipinski definition) is 6. The lowest BCUT2D eigenvalue weighted by Crippen LogP contribution is -2.43. The third-order valence-corrected chi connectivity index (χ3v) is 3.87. The van der Waals surface area contributed by atoms with Crippen LogP contribution < -0.4 is 11.1 Å². The SMILES string of the molecule is N[C@@H](CSC[C@H](NC(=O)OCc1ccccc1)C(=O)O)C(=O)O. The Morgan fingerprint density at radius 1 is 1.13 bits per heavy atom. The number of carbonyl (C=O) groups excluding carboxylic acids is 1. The largest absolute Gasteiger partial charge is 0.480 e. The molecule has 23 heavy (non-hydrogen) atoms. The van der Waals surface area contributed by atoms with Gasteiger partial charge >= 0.3 is 18.0 Å². The first-order chi connectivity index (χ1) is 10.9. The summed E-state index contributed by atoms with van der Waals surface area (Å²) in [6.07, 6.45) is -0.857. The zero-order valence-electron chi connectivity index (χ0n) is 12.2.